The average Bonchev–Trinajstić information content (AvgIpc) is 2.87. The summed E-state index contributed by atoms with van der Waals surface area (Å²) in [6.07, 6.45) is 7.62. The van der Waals surface area contributed by atoms with Gasteiger partial charge in [-0.3, -0.25) is 0 Å². The summed E-state index contributed by atoms with van der Waals surface area (Å²) in [4.78, 5) is 0. The van der Waals surface area contributed by atoms with Gasteiger partial charge in [0.05, 0.1) is 19.8 Å². The molecule has 5 rings (SSSR count). The molecule has 0 amide bonds. The summed E-state index contributed by atoms with van der Waals surface area (Å²) < 4.78 is 17.9. The number of benzene rings is 3. The van der Waals surface area contributed by atoms with Crippen molar-refractivity contribution in [3.8, 4) is 17.2 Å². The molecular formula is C29H31NO3. The van der Waals surface area contributed by atoms with Gasteiger partial charge in [-0.1, -0.05) is 54.6 Å². The molecule has 2 aliphatic rings. The second-order valence-electron chi connectivity index (χ2n) is 8.75. The van der Waals surface area contributed by atoms with Crippen molar-refractivity contribution in [3.05, 3.63) is 94.1 Å². The molecule has 2 heterocycles. The van der Waals surface area contributed by atoms with Gasteiger partial charge in [-0.2, -0.15) is 0 Å². The van der Waals surface area contributed by atoms with E-state index in [1.54, 1.807) is 7.11 Å². The summed E-state index contributed by atoms with van der Waals surface area (Å²) in [6, 6.07) is 19.0. The number of fused-ring (bicyclic) bond motifs is 2. The molecule has 3 aromatic rings. The summed E-state index contributed by atoms with van der Waals surface area (Å²) in [5.41, 5.74) is 7.43. The molecule has 1 N–H and O–H groups in total. The average molecular weight is 442 g/mol. The first-order chi connectivity index (χ1) is 16.2. The Labute approximate surface area is 196 Å². The standard InChI is InChI=1S/C29H31NO3/c1-20-10-11-22-9-6-16-32-29(22)24(20)12-13-26-25-18-27(31-2)28(17-23(25)14-15-30-26)33-19-21-7-4-3-5-8-21/h3-5,7-8,10-13,17-18,26,30H,6,9,14-16,19H2,1-2H3. The summed E-state index contributed by atoms with van der Waals surface area (Å²) >= 11 is 0. The minimum Gasteiger partial charge on any atom is -0.493 e. The van der Waals surface area contributed by atoms with E-state index in [2.05, 4.69) is 60.8 Å². The molecule has 0 radical (unpaired) electrons. The van der Waals surface area contributed by atoms with Crippen LogP contribution in [0.5, 0.6) is 17.2 Å². The van der Waals surface area contributed by atoms with E-state index in [9.17, 15) is 0 Å². The van der Waals surface area contributed by atoms with Gasteiger partial charge >= 0.3 is 0 Å². The van der Waals surface area contributed by atoms with Crippen LogP contribution in [0.25, 0.3) is 6.08 Å². The van der Waals surface area contributed by atoms with Gasteiger partial charge in [0.2, 0.25) is 0 Å². The number of rotatable bonds is 6. The normalized spacial score (nSPS) is 17.2. The monoisotopic (exact) mass is 441 g/mol. The fourth-order valence-electron chi connectivity index (χ4n) is 4.72. The first kappa shape index (κ1) is 21.6. The van der Waals surface area contributed by atoms with Crippen LogP contribution in [0.4, 0.5) is 0 Å². The summed E-state index contributed by atoms with van der Waals surface area (Å²) in [7, 11) is 1.70. The maximum Gasteiger partial charge on any atom is 0.161 e. The third-order valence-corrected chi connectivity index (χ3v) is 6.54. The van der Waals surface area contributed by atoms with Gasteiger partial charge in [0, 0.05) is 12.1 Å². The first-order valence-corrected chi connectivity index (χ1v) is 11.8. The minimum atomic E-state index is 0.115. The van der Waals surface area contributed by atoms with Crippen molar-refractivity contribution >= 4 is 6.08 Å². The highest BCUT2D eigenvalue weighted by Gasteiger charge is 2.22. The van der Waals surface area contributed by atoms with Gasteiger partial charge < -0.3 is 19.5 Å². The van der Waals surface area contributed by atoms with Gasteiger partial charge in [0.1, 0.15) is 12.4 Å². The Balaban J connectivity index is 1.41. The van der Waals surface area contributed by atoms with E-state index < -0.39 is 0 Å². The molecule has 0 aliphatic carbocycles. The highest BCUT2D eigenvalue weighted by Crippen LogP contribution is 2.37. The van der Waals surface area contributed by atoms with Crippen LogP contribution in [-0.4, -0.2) is 20.3 Å². The van der Waals surface area contributed by atoms with Crippen LogP contribution in [-0.2, 0) is 19.4 Å². The molecule has 0 saturated carbocycles. The molecule has 2 aliphatic heterocycles. The van der Waals surface area contributed by atoms with Crippen molar-refractivity contribution < 1.29 is 14.2 Å². The van der Waals surface area contributed by atoms with Gasteiger partial charge in [-0.25, -0.2) is 0 Å². The number of hydrogen-bond donors (Lipinski definition) is 1. The second kappa shape index (κ2) is 9.72. The van der Waals surface area contributed by atoms with E-state index in [-0.39, 0.29) is 6.04 Å². The number of aryl methyl sites for hydroxylation is 2. The Hall–Kier alpha value is -3.24. The molecule has 1 unspecified atom stereocenters. The van der Waals surface area contributed by atoms with Crippen molar-refractivity contribution in [2.24, 2.45) is 0 Å². The Morgan fingerprint density at radius 2 is 1.91 bits per heavy atom. The van der Waals surface area contributed by atoms with Crippen molar-refractivity contribution in [1.82, 2.24) is 5.32 Å². The van der Waals surface area contributed by atoms with Crippen LogP contribution in [0.2, 0.25) is 0 Å². The number of ether oxygens (including phenoxy) is 3. The van der Waals surface area contributed by atoms with E-state index in [4.69, 9.17) is 14.2 Å². The van der Waals surface area contributed by atoms with Crippen LogP contribution in [0, 0.1) is 6.92 Å². The first-order valence-electron chi connectivity index (χ1n) is 11.8. The zero-order valence-corrected chi connectivity index (χ0v) is 19.4. The highest BCUT2D eigenvalue weighted by atomic mass is 16.5. The van der Waals surface area contributed by atoms with E-state index in [1.165, 1.54) is 27.8 Å². The summed E-state index contributed by atoms with van der Waals surface area (Å²) in [5, 5.41) is 3.65. The van der Waals surface area contributed by atoms with E-state index in [0.717, 1.165) is 55.2 Å². The van der Waals surface area contributed by atoms with Crippen LogP contribution in [0.3, 0.4) is 0 Å². The Morgan fingerprint density at radius 3 is 2.76 bits per heavy atom. The van der Waals surface area contributed by atoms with Crippen molar-refractivity contribution in [3.63, 3.8) is 0 Å². The van der Waals surface area contributed by atoms with Gasteiger partial charge in [-0.15, -0.1) is 0 Å². The lowest BCUT2D eigenvalue weighted by Gasteiger charge is -2.27. The molecular weight excluding hydrogens is 410 g/mol. The molecule has 3 aromatic carbocycles. The van der Waals surface area contributed by atoms with E-state index >= 15 is 0 Å². The number of hydrogen-bond acceptors (Lipinski definition) is 4. The Kier molecular flexibility index (Phi) is 6.36. The maximum absolute atomic E-state index is 6.14. The summed E-state index contributed by atoms with van der Waals surface area (Å²) in [5.74, 6) is 2.62. The molecule has 1 atom stereocenters. The van der Waals surface area contributed by atoms with Gasteiger partial charge in [-0.05, 0) is 66.1 Å². The van der Waals surface area contributed by atoms with E-state index in [1.807, 2.05) is 18.2 Å². The quantitative estimate of drug-likeness (QED) is 0.524. The molecule has 0 aromatic heterocycles. The Morgan fingerprint density at radius 1 is 1.03 bits per heavy atom. The molecule has 0 fully saturated rings. The third-order valence-electron chi connectivity index (χ3n) is 6.54. The molecule has 33 heavy (non-hydrogen) atoms. The molecule has 0 spiro atoms. The van der Waals surface area contributed by atoms with Crippen LogP contribution in [0.1, 0.15) is 45.8 Å². The maximum atomic E-state index is 6.14. The molecule has 4 heteroatoms. The minimum absolute atomic E-state index is 0.115. The zero-order valence-electron chi connectivity index (χ0n) is 19.4. The van der Waals surface area contributed by atoms with Crippen molar-refractivity contribution in [2.75, 3.05) is 20.3 Å². The van der Waals surface area contributed by atoms with Crippen molar-refractivity contribution in [1.29, 1.82) is 0 Å². The van der Waals surface area contributed by atoms with Crippen molar-refractivity contribution in [2.45, 2.75) is 38.8 Å². The number of methoxy groups -OCH3 is 1. The van der Waals surface area contributed by atoms with E-state index in [0.29, 0.717) is 6.61 Å². The molecule has 4 nitrogen and oxygen atoms in total. The van der Waals surface area contributed by atoms with Crippen LogP contribution in [0.15, 0.2) is 60.7 Å². The lowest BCUT2D eigenvalue weighted by molar-refractivity contribution is 0.283. The predicted octanol–water partition coefficient (Wildman–Crippen LogP) is 5.81. The van der Waals surface area contributed by atoms with Gasteiger partial charge in [0.25, 0.3) is 0 Å². The second-order valence-corrected chi connectivity index (χ2v) is 8.75. The lowest BCUT2D eigenvalue weighted by Crippen LogP contribution is -2.28. The molecule has 0 saturated heterocycles. The largest absolute Gasteiger partial charge is 0.493 e. The predicted molar refractivity (Wildman–Crippen MR) is 132 cm³/mol. The van der Waals surface area contributed by atoms with Gasteiger partial charge in [0.15, 0.2) is 11.5 Å². The smallest absolute Gasteiger partial charge is 0.161 e. The fourth-order valence-corrected chi connectivity index (χ4v) is 4.72. The molecule has 0 bridgehead atoms. The number of nitrogens with one attached hydrogen (secondary N) is 1. The fraction of sp³-hybridized carbons (Fsp3) is 0.310. The third kappa shape index (κ3) is 4.62. The molecule has 170 valence electrons. The lowest BCUT2D eigenvalue weighted by atomic mass is 9.92. The Bertz CT molecular complexity index is 1150. The zero-order chi connectivity index (χ0) is 22.6. The van der Waals surface area contributed by atoms with Crippen LogP contribution < -0.4 is 19.5 Å². The van der Waals surface area contributed by atoms with Crippen LogP contribution >= 0.6 is 0 Å². The summed E-state index contributed by atoms with van der Waals surface area (Å²) in [6.45, 7) is 4.40. The SMILES string of the molecule is COc1cc2c(cc1OCc1ccccc1)CCNC2C=Cc1c(C)ccc2c1OCCC2. The highest BCUT2D eigenvalue weighted by molar-refractivity contribution is 5.65. The topological polar surface area (TPSA) is 39.7 Å².